The van der Waals surface area contributed by atoms with Gasteiger partial charge in [0.05, 0.1) is 11.5 Å². The van der Waals surface area contributed by atoms with Crippen molar-refractivity contribution in [2.45, 2.75) is 37.3 Å². The van der Waals surface area contributed by atoms with Crippen molar-refractivity contribution in [1.82, 2.24) is 4.90 Å². The van der Waals surface area contributed by atoms with Crippen molar-refractivity contribution >= 4 is 5.97 Å². The van der Waals surface area contributed by atoms with Crippen molar-refractivity contribution in [3.63, 3.8) is 0 Å². The number of hydrogen-bond acceptors (Lipinski definition) is 4. The number of hydrogen-bond donors (Lipinski definition) is 2. The molecule has 0 bridgehead atoms. The highest BCUT2D eigenvalue weighted by molar-refractivity contribution is 5.72. The zero-order chi connectivity index (χ0) is 12.5. The molecular formula is C12H21NO4. The van der Waals surface area contributed by atoms with Gasteiger partial charge >= 0.3 is 5.97 Å². The van der Waals surface area contributed by atoms with E-state index in [0.717, 1.165) is 12.8 Å². The van der Waals surface area contributed by atoms with E-state index in [2.05, 4.69) is 0 Å². The zero-order valence-electron chi connectivity index (χ0n) is 10.3. The van der Waals surface area contributed by atoms with Crippen molar-refractivity contribution in [2.24, 2.45) is 5.92 Å². The van der Waals surface area contributed by atoms with Crippen LogP contribution in [-0.4, -0.2) is 59.5 Å². The van der Waals surface area contributed by atoms with Gasteiger partial charge in [0, 0.05) is 38.6 Å². The Labute approximate surface area is 101 Å². The summed E-state index contributed by atoms with van der Waals surface area (Å²) >= 11 is 0. The fourth-order valence-corrected chi connectivity index (χ4v) is 2.79. The van der Waals surface area contributed by atoms with Gasteiger partial charge in [0.15, 0.2) is 0 Å². The molecule has 2 rings (SSSR count). The average molecular weight is 243 g/mol. The Kier molecular flexibility index (Phi) is 3.70. The van der Waals surface area contributed by atoms with Crippen LogP contribution >= 0.6 is 0 Å². The molecule has 0 aromatic rings. The summed E-state index contributed by atoms with van der Waals surface area (Å²) < 4.78 is 5.23. The molecule has 1 heterocycles. The van der Waals surface area contributed by atoms with Crippen molar-refractivity contribution in [3.05, 3.63) is 0 Å². The van der Waals surface area contributed by atoms with Crippen LogP contribution in [0.5, 0.6) is 0 Å². The molecule has 0 amide bonds. The summed E-state index contributed by atoms with van der Waals surface area (Å²) in [4.78, 5) is 13.0. The smallest absolute Gasteiger partial charge is 0.308 e. The van der Waals surface area contributed by atoms with E-state index < -0.39 is 11.6 Å². The van der Waals surface area contributed by atoms with Crippen LogP contribution in [0.15, 0.2) is 0 Å². The number of carboxylic acids is 1. The molecule has 1 saturated heterocycles. The maximum absolute atomic E-state index is 11.0. The molecule has 2 aliphatic rings. The van der Waals surface area contributed by atoms with Crippen molar-refractivity contribution in [3.8, 4) is 0 Å². The maximum atomic E-state index is 11.0. The molecular weight excluding hydrogens is 222 g/mol. The Bertz CT molecular complexity index is 288. The summed E-state index contributed by atoms with van der Waals surface area (Å²) in [6, 6.07) is 0.0827. The number of carbonyl (C=O) groups is 1. The number of likely N-dealkylation sites (N-methyl/N-ethyl adjacent to an activating group) is 1. The highest BCUT2D eigenvalue weighted by Crippen LogP contribution is 2.33. The van der Waals surface area contributed by atoms with E-state index in [1.807, 2.05) is 11.9 Å². The van der Waals surface area contributed by atoms with Crippen LogP contribution in [0.25, 0.3) is 0 Å². The third-order valence-corrected chi connectivity index (χ3v) is 4.09. The molecule has 2 atom stereocenters. The van der Waals surface area contributed by atoms with Gasteiger partial charge in [-0.05, 0) is 19.9 Å². The van der Waals surface area contributed by atoms with Gasteiger partial charge in [0.2, 0.25) is 0 Å². The molecule has 98 valence electrons. The molecule has 17 heavy (non-hydrogen) atoms. The van der Waals surface area contributed by atoms with Crippen LogP contribution in [0.2, 0.25) is 0 Å². The molecule has 1 aliphatic heterocycles. The predicted molar refractivity (Wildman–Crippen MR) is 61.8 cm³/mol. The monoisotopic (exact) mass is 243 g/mol. The molecule has 5 heteroatoms. The van der Waals surface area contributed by atoms with E-state index in [1.165, 1.54) is 0 Å². The predicted octanol–water partition coefficient (Wildman–Crippen LogP) is 0.323. The van der Waals surface area contributed by atoms with E-state index in [4.69, 9.17) is 9.84 Å². The normalized spacial score (nSPS) is 32.2. The average Bonchev–Trinajstić information content (AvgIpc) is 2.14. The highest BCUT2D eigenvalue weighted by atomic mass is 16.5. The minimum absolute atomic E-state index is 0.0827. The Balaban J connectivity index is 1.88. The molecule has 0 aromatic carbocycles. The van der Waals surface area contributed by atoms with Crippen LogP contribution in [-0.2, 0) is 9.53 Å². The molecule has 0 radical (unpaired) electrons. The first-order valence-corrected chi connectivity index (χ1v) is 6.25. The lowest BCUT2D eigenvalue weighted by atomic mass is 9.78. The molecule has 2 N–H and O–H groups in total. The van der Waals surface area contributed by atoms with Gasteiger partial charge in [0.25, 0.3) is 0 Å². The first-order valence-electron chi connectivity index (χ1n) is 6.25. The Hall–Kier alpha value is -0.650. The Morgan fingerprint density at radius 2 is 2.06 bits per heavy atom. The maximum Gasteiger partial charge on any atom is 0.308 e. The quantitative estimate of drug-likeness (QED) is 0.744. The van der Waals surface area contributed by atoms with Crippen molar-refractivity contribution in [1.29, 1.82) is 0 Å². The fourth-order valence-electron chi connectivity index (χ4n) is 2.79. The summed E-state index contributed by atoms with van der Waals surface area (Å²) in [5.41, 5.74) is -0.703. The standard InChI is InChI=1S/C12H21NO4/c1-13(10-3-2-9(10)11(14)15)8-12(16)4-6-17-7-5-12/h9-10,16H,2-8H2,1H3,(H,14,15). The third-order valence-electron chi connectivity index (χ3n) is 4.09. The van der Waals surface area contributed by atoms with Crippen LogP contribution in [0, 0.1) is 5.92 Å². The summed E-state index contributed by atoms with van der Waals surface area (Å²) in [5.74, 6) is -0.976. The number of carboxylic acid groups (broad SMARTS) is 1. The van der Waals surface area contributed by atoms with Crippen molar-refractivity contribution < 1.29 is 19.7 Å². The van der Waals surface area contributed by atoms with Gasteiger partial charge in [-0.15, -0.1) is 0 Å². The molecule has 1 aliphatic carbocycles. The third kappa shape index (κ3) is 2.78. The molecule has 0 spiro atoms. The van der Waals surface area contributed by atoms with Crippen LogP contribution in [0.4, 0.5) is 0 Å². The van der Waals surface area contributed by atoms with Gasteiger partial charge in [-0.2, -0.15) is 0 Å². The first kappa shape index (κ1) is 12.8. The lowest BCUT2D eigenvalue weighted by Gasteiger charge is -2.44. The number of aliphatic carboxylic acids is 1. The van der Waals surface area contributed by atoms with Gasteiger partial charge in [-0.1, -0.05) is 0 Å². The van der Waals surface area contributed by atoms with E-state index in [-0.39, 0.29) is 12.0 Å². The minimum Gasteiger partial charge on any atom is -0.481 e. The second-order valence-corrected chi connectivity index (χ2v) is 5.34. The van der Waals surface area contributed by atoms with E-state index in [1.54, 1.807) is 0 Å². The van der Waals surface area contributed by atoms with E-state index in [0.29, 0.717) is 32.6 Å². The highest BCUT2D eigenvalue weighted by Gasteiger charge is 2.41. The number of rotatable bonds is 4. The van der Waals surface area contributed by atoms with E-state index in [9.17, 15) is 9.90 Å². The summed E-state index contributed by atoms with van der Waals surface area (Å²) in [6.45, 7) is 1.74. The fraction of sp³-hybridized carbons (Fsp3) is 0.917. The van der Waals surface area contributed by atoms with Gasteiger partial charge in [-0.25, -0.2) is 0 Å². The van der Waals surface area contributed by atoms with E-state index >= 15 is 0 Å². The van der Waals surface area contributed by atoms with Crippen LogP contribution in [0.3, 0.4) is 0 Å². The topological polar surface area (TPSA) is 70.0 Å². The summed E-state index contributed by atoms with van der Waals surface area (Å²) in [7, 11) is 1.91. The molecule has 2 fully saturated rings. The molecule has 0 aromatic heterocycles. The Morgan fingerprint density at radius 3 is 2.53 bits per heavy atom. The summed E-state index contributed by atoms with van der Waals surface area (Å²) in [6.07, 6.45) is 2.95. The first-order chi connectivity index (χ1) is 8.02. The van der Waals surface area contributed by atoms with Crippen molar-refractivity contribution in [2.75, 3.05) is 26.8 Å². The van der Waals surface area contributed by atoms with Gasteiger partial charge < -0.3 is 14.9 Å². The van der Waals surface area contributed by atoms with Gasteiger partial charge in [0.1, 0.15) is 0 Å². The Morgan fingerprint density at radius 1 is 1.41 bits per heavy atom. The second-order valence-electron chi connectivity index (χ2n) is 5.34. The lowest BCUT2D eigenvalue weighted by molar-refractivity contribution is -0.150. The largest absolute Gasteiger partial charge is 0.481 e. The van der Waals surface area contributed by atoms with Gasteiger partial charge in [-0.3, -0.25) is 9.69 Å². The molecule has 1 saturated carbocycles. The van der Waals surface area contributed by atoms with Crippen LogP contribution in [0.1, 0.15) is 25.7 Å². The number of ether oxygens (including phenoxy) is 1. The summed E-state index contributed by atoms with van der Waals surface area (Å²) in [5, 5.41) is 19.4. The SMILES string of the molecule is CN(CC1(O)CCOCC1)C1CCC1C(=O)O. The minimum atomic E-state index is -0.716. The second kappa shape index (κ2) is 4.92. The number of aliphatic hydroxyl groups is 1. The molecule has 2 unspecified atom stereocenters. The molecule has 5 nitrogen and oxygen atoms in total. The zero-order valence-corrected chi connectivity index (χ0v) is 10.3. The number of nitrogens with zero attached hydrogens (tertiary/aromatic N) is 1. The van der Waals surface area contributed by atoms with Crippen LogP contribution < -0.4 is 0 Å². The lowest BCUT2D eigenvalue weighted by Crippen LogP contribution is -2.54.